The Kier molecular flexibility index (Phi) is 4.77. The number of hydrogen-bond acceptors (Lipinski definition) is 4. The predicted octanol–water partition coefficient (Wildman–Crippen LogP) is 2.37. The van der Waals surface area contributed by atoms with Crippen LogP contribution in [0.5, 0.6) is 5.75 Å². The summed E-state index contributed by atoms with van der Waals surface area (Å²) in [6.45, 7) is 0. The van der Waals surface area contributed by atoms with Crippen molar-refractivity contribution >= 4 is 33.0 Å². The first kappa shape index (κ1) is 15.3. The Morgan fingerprint density at radius 2 is 1.67 bits per heavy atom. The van der Waals surface area contributed by atoms with Crippen LogP contribution < -0.4 is 14.8 Å². The lowest BCUT2D eigenvalue weighted by Gasteiger charge is -2.11. The van der Waals surface area contributed by atoms with Crippen LogP contribution >= 0.6 is 12.2 Å². The van der Waals surface area contributed by atoms with Crippen LogP contribution in [0.4, 0.5) is 5.69 Å². The van der Waals surface area contributed by atoms with Gasteiger partial charge in [0, 0.05) is 5.69 Å². The van der Waals surface area contributed by atoms with E-state index in [1.54, 1.807) is 49.6 Å². The molecule has 0 aromatic heterocycles. The number of hydrogen-bond donors (Lipinski definition) is 2. The van der Waals surface area contributed by atoms with Gasteiger partial charge in [-0.05, 0) is 48.6 Å². The second-order valence-electron chi connectivity index (χ2n) is 4.10. The summed E-state index contributed by atoms with van der Waals surface area (Å²) in [5.74, 6) is 0.705. The Balaban J connectivity index is 2.04. The van der Waals surface area contributed by atoms with Crippen molar-refractivity contribution in [2.75, 3.05) is 12.4 Å². The molecular weight excluding hydrogens is 308 g/mol. The summed E-state index contributed by atoms with van der Waals surface area (Å²) in [7, 11) is -2.10. The minimum Gasteiger partial charge on any atom is -0.497 e. The van der Waals surface area contributed by atoms with E-state index in [0.717, 1.165) is 0 Å². The molecule has 2 aromatic rings. The molecule has 2 rings (SSSR count). The smallest absolute Gasteiger partial charge is 0.263 e. The van der Waals surface area contributed by atoms with E-state index >= 15 is 0 Å². The summed E-state index contributed by atoms with van der Waals surface area (Å²) in [6.07, 6.45) is 0. The minimum atomic E-state index is -3.67. The van der Waals surface area contributed by atoms with Crippen molar-refractivity contribution in [3.63, 3.8) is 0 Å². The molecule has 0 unspecified atom stereocenters. The summed E-state index contributed by atoms with van der Waals surface area (Å²) in [6, 6.07) is 15.0. The second-order valence-corrected chi connectivity index (χ2v) is 6.19. The maximum atomic E-state index is 12.1. The van der Waals surface area contributed by atoms with E-state index < -0.39 is 10.0 Å². The molecule has 0 aliphatic carbocycles. The predicted molar refractivity (Wildman–Crippen MR) is 86.0 cm³/mol. The number of rotatable bonds is 4. The van der Waals surface area contributed by atoms with Crippen molar-refractivity contribution in [3.05, 3.63) is 54.6 Å². The molecule has 0 aliphatic rings. The van der Waals surface area contributed by atoms with Gasteiger partial charge in [-0.2, -0.15) is 0 Å². The monoisotopic (exact) mass is 322 g/mol. The number of benzene rings is 2. The average Bonchev–Trinajstić information content (AvgIpc) is 2.48. The van der Waals surface area contributed by atoms with Crippen LogP contribution in [-0.2, 0) is 10.0 Å². The number of ether oxygens (including phenoxy) is 1. The molecule has 21 heavy (non-hydrogen) atoms. The van der Waals surface area contributed by atoms with Crippen molar-refractivity contribution < 1.29 is 13.2 Å². The quantitative estimate of drug-likeness (QED) is 0.846. The fourth-order valence-corrected chi connectivity index (χ4v) is 2.99. The van der Waals surface area contributed by atoms with Crippen molar-refractivity contribution in [2.45, 2.75) is 4.90 Å². The average molecular weight is 322 g/mol. The van der Waals surface area contributed by atoms with E-state index in [9.17, 15) is 8.42 Å². The second kappa shape index (κ2) is 6.55. The molecule has 0 atom stereocenters. The number of methoxy groups -OCH3 is 1. The maximum absolute atomic E-state index is 12.1. The third-order valence-corrected chi connectivity index (χ3v) is 4.33. The molecule has 0 heterocycles. The zero-order valence-corrected chi connectivity index (χ0v) is 12.9. The Morgan fingerprint density at radius 1 is 1.05 bits per heavy atom. The Hall–Kier alpha value is -2.12. The van der Waals surface area contributed by atoms with Gasteiger partial charge in [0.2, 0.25) is 0 Å². The van der Waals surface area contributed by atoms with Crippen molar-refractivity contribution in [1.82, 2.24) is 4.72 Å². The highest BCUT2D eigenvalue weighted by molar-refractivity contribution is 7.92. The summed E-state index contributed by atoms with van der Waals surface area (Å²) < 4.78 is 31.5. The first-order chi connectivity index (χ1) is 10.0. The fraction of sp³-hybridized carbons (Fsp3) is 0.0714. The van der Waals surface area contributed by atoms with Gasteiger partial charge in [-0.1, -0.05) is 18.2 Å². The number of sulfonamides is 1. The molecular formula is C14H14N2O3S2. The lowest BCUT2D eigenvalue weighted by molar-refractivity contribution is 0.415. The molecule has 0 aliphatic heterocycles. The zero-order chi connectivity index (χ0) is 15.3. The van der Waals surface area contributed by atoms with Crippen LogP contribution in [0.3, 0.4) is 0 Å². The summed E-state index contributed by atoms with van der Waals surface area (Å²) in [5.41, 5.74) is 0.663. The highest BCUT2D eigenvalue weighted by Crippen LogP contribution is 2.15. The van der Waals surface area contributed by atoms with E-state index in [0.29, 0.717) is 11.4 Å². The lowest BCUT2D eigenvalue weighted by Crippen LogP contribution is -2.34. The normalized spacial score (nSPS) is 10.7. The number of nitrogens with one attached hydrogen (secondary N) is 2. The number of thiocarbonyl (C=S) groups is 1. The van der Waals surface area contributed by atoms with Crippen LogP contribution in [0.25, 0.3) is 0 Å². The van der Waals surface area contributed by atoms with Crippen LogP contribution in [0.1, 0.15) is 0 Å². The van der Waals surface area contributed by atoms with Gasteiger partial charge in [0.05, 0.1) is 12.0 Å². The van der Waals surface area contributed by atoms with Crippen LogP contribution in [0.15, 0.2) is 59.5 Å². The SMILES string of the molecule is COc1ccc(NC(=S)NS(=O)(=O)c2ccccc2)cc1. The molecule has 0 saturated carbocycles. The molecule has 0 fully saturated rings. The lowest BCUT2D eigenvalue weighted by atomic mass is 10.3. The molecule has 7 heteroatoms. The number of anilines is 1. The van der Waals surface area contributed by atoms with Crippen LogP contribution in [-0.4, -0.2) is 20.6 Å². The molecule has 0 amide bonds. The van der Waals surface area contributed by atoms with Crippen molar-refractivity contribution in [2.24, 2.45) is 0 Å². The fourth-order valence-electron chi connectivity index (χ4n) is 1.61. The Bertz CT molecular complexity index is 714. The maximum Gasteiger partial charge on any atom is 0.263 e. The molecule has 2 aromatic carbocycles. The highest BCUT2D eigenvalue weighted by Gasteiger charge is 2.14. The molecule has 0 spiro atoms. The van der Waals surface area contributed by atoms with E-state index in [2.05, 4.69) is 10.0 Å². The van der Waals surface area contributed by atoms with E-state index in [1.807, 2.05) is 0 Å². The van der Waals surface area contributed by atoms with Gasteiger partial charge < -0.3 is 10.1 Å². The van der Waals surface area contributed by atoms with E-state index in [-0.39, 0.29) is 10.0 Å². The van der Waals surface area contributed by atoms with Gasteiger partial charge in [0.25, 0.3) is 10.0 Å². The Morgan fingerprint density at radius 3 is 2.24 bits per heavy atom. The van der Waals surface area contributed by atoms with Crippen molar-refractivity contribution in [3.8, 4) is 5.75 Å². The largest absolute Gasteiger partial charge is 0.497 e. The molecule has 110 valence electrons. The topological polar surface area (TPSA) is 67.4 Å². The third-order valence-electron chi connectivity index (χ3n) is 2.63. The van der Waals surface area contributed by atoms with E-state index in [1.165, 1.54) is 12.1 Å². The summed E-state index contributed by atoms with van der Waals surface area (Å²) in [4.78, 5) is 0.156. The van der Waals surface area contributed by atoms with Gasteiger partial charge in [-0.15, -0.1) is 0 Å². The van der Waals surface area contributed by atoms with Crippen LogP contribution in [0.2, 0.25) is 0 Å². The molecule has 0 bridgehead atoms. The van der Waals surface area contributed by atoms with Gasteiger partial charge >= 0.3 is 0 Å². The van der Waals surface area contributed by atoms with Crippen LogP contribution in [0, 0.1) is 0 Å². The summed E-state index contributed by atoms with van der Waals surface area (Å²) in [5, 5.41) is 2.81. The summed E-state index contributed by atoms with van der Waals surface area (Å²) >= 11 is 5.01. The van der Waals surface area contributed by atoms with Gasteiger partial charge in [-0.25, -0.2) is 8.42 Å². The Labute approximate surface area is 129 Å². The molecule has 0 saturated heterocycles. The van der Waals surface area contributed by atoms with Gasteiger partial charge in [-0.3, -0.25) is 4.72 Å². The van der Waals surface area contributed by atoms with Gasteiger partial charge in [0.1, 0.15) is 5.75 Å². The van der Waals surface area contributed by atoms with E-state index in [4.69, 9.17) is 17.0 Å². The standard InChI is InChI=1S/C14H14N2O3S2/c1-19-12-9-7-11(8-10-12)15-14(20)16-21(17,18)13-5-3-2-4-6-13/h2-10H,1H3,(H2,15,16,20). The highest BCUT2D eigenvalue weighted by atomic mass is 32.2. The zero-order valence-electron chi connectivity index (χ0n) is 11.2. The van der Waals surface area contributed by atoms with Crippen molar-refractivity contribution in [1.29, 1.82) is 0 Å². The molecule has 5 nitrogen and oxygen atoms in total. The molecule has 2 N–H and O–H groups in total. The molecule has 0 radical (unpaired) electrons. The first-order valence-electron chi connectivity index (χ1n) is 6.04. The minimum absolute atomic E-state index is 0.00372. The van der Waals surface area contributed by atoms with Gasteiger partial charge in [0.15, 0.2) is 5.11 Å². The third kappa shape index (κ3) is 4.17. The first-order valence-corrected chi connectivity index (χ1v) is 7.93.